The molecule has 0 aliphatic heterocycles. The van der Waals surface area contributed by atoms with E-state index in [1.165, 1.54) is 11.1 Å². The SMILES string of the molecule is Cc1ccc(CNC(C(=O)O)C2CC2)cc1C. The van der Waals surface area contributed by atoms with Gasteiger partial charge in [0.25, 0.3) is 0 Å². The molecule has 3 nitrogen and oxygen atoms in total. The third-order valence-corrected chi connectivity index (χ3v) is 3.46. The van der Waals surface area contributed by atoms with Crippen molar-refractivity contribution in [1.29, 1.82) is 0 Å². The van der Waals surface area contributed by atoms with Gasteiger partial charge in [0.05, 0.1) is 0 Å². The lowest BCUT2D eigenvalue weighted by Crippen LogP contribution is -2.38. The second-order valence-corrected chi connectivity index (χ2v) is 4.95. The zero-order chi connectivity index (χ0) is 12.4. The molecule has 1 atom stereocenters. The summed E-state index contributed by atoms with van der Waals surface area (Å²) in [5.74, 6) is -0.393. The molecule has 0 amide bonds. The summed E-state index contributed by atoms with van der Waals surface area (Å²) in [6.45, 7) is 4.79. The van der Waals surface area contributed by atoms with Gasteiger partial charge in [-0.15, -0.1) is 0 Å². The average Bonchev–Trinajstić information content (AvgIpc) is 3.07. The number of carboxylic acids is 1. The van der Waals surface area contributed by atoms with E-state index in [1.54, 1.807) is 0 Å². The minimum Gasteiger partial charge on any atom is -0.480 e. The Balaban J connectivity index is 1.96. The Morgan fingerprint density at radius 2 is 2.12 bits per heavy atom. The zero-order valence-corrected chi connectivity index (χ0v) is 10.4. The molecule has 0 aromatic heterocycles. The first kappa shape index (κ1) is 12.1. The predicted octanol–water partition coefficient (Wildman–Crippen LogP) is 2.26. The van der Waals surface area contributed by atoms with E-state index in [-0.39, 0.29) is 6.04 Å². The van der Waals surface area contributed by atoms with E-state index in [1.807, 2.05) is 0 Å². The number of nitrogens with one attached hydrogen (secondary N) is 1. The summed E-state index contributed by atoms with van der Waals surface area (Å²) in [7, 11) is 0. The van der Waals surface area contributed by atoms with E-state index in [0.29, 0.717) is 12.5 Å². The lowest BCUT2D eigenvalue weighted by molar-refractivity contribution is -0.140. The Morgan fingerprint density at radius 1 is 1.41 bits per heavy atom. The normalized spacial score (nSPS) is 16.8. The van der Waals surface area contributed by atoms with Crippen molar-refractivity contribution in [3.05, 3.63) is 34.9 Å². The van der Waals surface area contributed by atoms with Crippen LogP contribution in [0.5, 0.6) is 0 Å². The first-order valence-electron chi connectivity index (χ1n) is 6.10. The van der Waals surface area contributed by atoms with Gasteiger partial charge < -0.3 is 10.4 Å². The van der Waals surface area contributed by atoms with Gasteiger partial charge in [-0.3, -0.25) is 4.79 Å². The van der Waals surface area contributed by atoms with Crippen molar-refractivity contribution in [1.82, 2.24) is 5.32 Å². The van der Waals surface area contributed by atoms with Crippen molar-refractivity contribution < 1.29 is 9.90 Å². The maximum absolute atomic E-state index is 11.1. The fourth-order valence-corrected chi connectivity index (χ4v) is 2.03. The molecule has 1 aromatic rings. The summed E-state index contributed by atoms with van der Waals surface area (Å²) in [6, 6.07) is 5.88. The first-order chi connectivity index (χ1) is 8.08. The number of aliphatic carboxylic acids is 1. The maximum atomic E-state index is 11.1. The fraction of sp³-hybridized carbons (Fsp3) is 0.500. The second kappa shape index (κ2) is 4.88. The fourth-order valence-electron chi connectivity index (χ4n) is 2.03. The van der Waals surface area contributed by atoms with Crippen LogP contribution in [0.15, 0.2) is 18.2 Å². The van der Waals surface area contributed by atoms with Gasteiger partial charge in [0.15, 0.2) is 0 Å². The molecule has 0 radical (unpaired) electrons. The highest BCUT2D eigenvalue weighted by Gasteiger charge is 2.35. The van der Waals surface area contributed by atoms with Gasteiger partial charge >= 0.3 is 5.97 Å². The molecule has 1 aromatic carbocycles. The monoisotopic (exact) mass is 233 g/mol. The molecule has 1 unspecified atom stereocenters. The van der Waals surface area contributed by atoms with Crippen LogP contribution in [-0.2, 0) is 11.3 Å². The van der Waals surface area contributed by atoms with Gasteiger partial charge in [0.1, 0.15) is 6.04 Å². The molecule has 1 aliphatic rings. The quantitative estimate of drug-likeness (QED) is 0.820. The number of rotatable bonds is 5. The van der Waals surface area contributed by atoms with Gasteiger partial charge in [0, 0.05) is 6.54 Å². The minimum absolute atomic E-state index is 0.332. The van der Waals surface area contributed by atoms with Gasteiger partial charge in [-0.05, 0) is 49.3 Å². The smallest absolute Gasteiger partial charge is 0.320 e. The Labute approximate surface area is 102 Å². The van der Waals surface area contributed by atoms with Gasteiger partial charge in [-0.2, -0.15) is 0 Å². The number of carbonyl (C=O) groups is 1. The molecule has 1 aliphatic carbocycles. The number of aryl methyl sites for hydroxylation is 2. The molecule has 92 valence electrons. The predicted molar refractivity (Wildman–Crippen MR) is 66.9 cm³/mol. The van der Waals surface area contributed by atoms with Crippen LogP contribution in [0.2, 0.25) is 0 Å². The standard InChI is InChI=1S/C14H19NO2/c1-9-3-4-11(7-10(9)2)8-15-13(14(16)17)12-5-6-12/h3-4,7,12-13,15H,5-6,8H2,1-2H3,(H,16,17). The summed E-state index contributed by atoms with van der Waals surface area (Å²) in [4.78, 5) is 11.1. The molecular formula is C14H19NO2. The zero-order valence-electron chi connectivity index (χ0n) is 10.4. The van der Waals surface area contributed by atoms with Crippen LogP contribution in [0, 0.1) is 19.8 Å². The van der Waals surface area contributed by atoms with E-state index in [9.17, 15) is 4.79 Å². The highest BCUT2D eigenvalue weighted by molar-refractivity contribution is 5.74. The summed E-state index contributed by atoms with van der Waals surface area (Å²) in [5, 5.41) is 12.2. The Kier molecular flexibility index (Phi) is 3.48. The molecule has 3 heteroatoms. The molecule has 1 saturated carbocycles. The summed E-state index contributed by atoms with van der Waals surface area (Å²) >= 11 is 0. The number of hydrogen-bond donors (Lipinski definition) is 2. The van der Waals surface area contributed by atoms with Gasteiger partial charge in [-0.1, -0.05) is 18.2 Å². The van der Waals surface area contributed by atoms with Gasteiger partial charge in [-0.25, -0.2) is 0 Å². The molecule has 2 N–H and O–H groups in total. The second-order valence-electron chi connectivity index (χ2n) is 4.95. The topological polar surface area (TPSA) is 49.3 Å². The van der Waals surface area contributed by atoms with E-state index in [2.05, 4.69) is 37.4 Å². The van der Waals surface area contributed by atoms with E-state index in [0.717, 1.165) is 18.4 Å². The highest BCUT2D eigenvalue weighted by Crippen LogP contribution is 2.32. The van der Waals surface area contributed by atoms with Crippen LogP contribution in [0.25, 0.3) is 0 Å². The molecule has 0 bridgehead atoms. The number of hydrogen-bond acceptors (Lipinski definition) is 2. The lowest BCUT2D eigenvalue weighted by Gasteiger charge is -2.14. The largest absolute Gasteiger partial charge is 0.480 e. The van der Waals surface area contributed by atoms with Crippen molar-refractivity contribution in [2.45, 2.75) is 39.3 Å². The van der Waals surface area contributed by atoms with Crippen molar-refractivity contribution in [2.24, 2.45) is 5.92 Å². The highest BCUT2D eigenvalue weighted by atomic mass is 16.4. The van der Waals surface area contributed by atoms with Crippen molar-refractivity contribution >= 4 is 5.97 Å². The summed E-state index contributed by atoms with van der Waals surface area (Å²) in [5.41, 5.74) is 3.67. The van der Waals surface area contributed by atoms with Crippen LogP contribution >= 0.6 is 0 Å². The number of benzene rings is 1. The van der Waals surface area contributed by atoms with Crippen LogP contribution in [0.1, 0.15) is 29.5 Å². The Bertz CT molecular complexity index is 424. The molecule has 0 heterocycles. The van der Waals surface area contributed by atoms with Crippen LogP contribution in [0.3, 0.4) is 0 Å². The number of carboxylic acid groups (broad SMARTS) is 1. The summed E-state index contributed by atoms with van der Waals surface area (Å²) < 4.78 is 0. The first-order valence-corrected chi connectivity index (χ1v) is 6.10. The molecule has 0 spiro atoms. The van der Waals surface area contributed by atoms with E-state index >= 15 is 0 Å². The summed E-state index contributed by atoms with van der Waals surface area (Å²) in [6.07, 6.45) is 2.08. The van der Waals surface area contributed by atoms with Crippen LogP contribution in [-0.4, -0.2) is 17.1 Å². The Morgan fingerprint density at radius 3 is 2.65 bits per heavy atom. The lowest BCUT2D eigenvalue weighted by atomic mass is 10.1. The Hall–Kier alpha value is -1.35. The molecule has 17 heavy (non-hydrogen) atoms. The van der Waals surface area contributed by atoms with Crippen molar-refractivity contribution in [3.8, 4) is 0 Å². The average molecular weight is 233 g/mol. The van der Waals surface area contributed by atoms with Crippen molar-refractivity contribution in [2.75, 3.05) is 0 Å². The molecule has 0 saturated heterocycles. The van der Waals surface area contributed by atoms with Crippen molar-refractivity contribution in [3.63, 3.8) is 0 Å². The third-order valence-electron chi connectivity index (χ3n) is 3.46. The van der Waals surface area contributed by atoms with Gasteiger partial charge in [0.2, 0.25) is 0 Å². The minimum atomic E-state index is -0.726. The van der Waals surface area contributed by atoms with Crippen LogP contribution < -0.4 is 5.32 Å². The van der Waals surface area contributed by atoms with E-state index < -0.39 is 5.97 Å². The maximum Gasteiger partial charge on any atom is 0.320 e. The molecule has 1 fully saturated rings. The molecule has 2 rings (SSSR count). The molecular weight excluding hydrogens is 214 g/mol. The third kappa shape index (κ3) is 3.07. The van der Waals surface area contributed by atoms with Crippen LogP contribution in [0.4, 0.5) is 0 Å². The van der Waals surface area contributed by atoms with E-state index in [4.69, 9.17) is 5.11 Å².